The Balaban J connectivity index is 1.79. The summed E-state index contributed by atoms with van der Waals surface area (Å²) < 4.78 is 7.10. The molecule has 3 rings (SSSR count). The van der Waals surface area contributed by atoms with Crippen LogP contribution < -0.4 is 10.5 Å². The first-order chi connectivity index (χ1) is 9.26. The van der Waals surface area contributed by atoms with Crippen LogP contribution in [-0.4, -0.2) is 21.9 Å². The third-order valence-electron chi connectivity index (χ3n) is 3.48. The first-order valence-electron chi connectivity index (χ1n) is 6.58. The van der Waals surface area contributed by atoms with Crippen molar-refractivity contribution in [2.24, 2.45) is 5.73 Å². The summed E-state index contributed by atoms with van der Waals surface area (Å²) in [5.74, 6) is 2.63. The molecule has 0 saturated carbocycles. The second-order valence-corrected chi connectivity index (χ2v) is 4.88. The van der Waals surface area contributed by atoms with Gasteiger partial charge in [-0.25, -0.2) is 9.67 Å². The van der Waals surface area contributed by atoms with Crippen molar-refractivity contribution < 1.29 is 4.74 Å². The fourth-order valence-corrected chi connectivity index (χ4v) is 2.43. The molecule has 0 bridgehead atoms. The average Bonchev–Trinajstić information content (AvgIpc) is 2.84. The van der Waals surface area contributed by atoms with Crippen LogP contribution in [0.2, 0.25) is 0 Å². The number of methoxy groups -OCH3 is 1. The van der Waals surface area contributed by atoms with E-state index in [2.05, 4.69) is 10.1 Å². The lowest BCUT2D eigenvalue weighted by molar-refractivity contribution is 0.414. The van der Waals surface area contributed by atoms with Crippen molar-refractivity contribution in [2.45, 2.75) is 31.8 Å². The van der Waals surface area contributed by atoms with Crippen LogP contribution >= 0.6 is 0 Å². The molecule has 1 aromatic carbocycles. The van der Waals surface area contributed by atoms with Crippen LogP contribution in [0.5, 0.6) is 5.75 Å². The molecule has 0 saturated heterocycles. The van der Waals surface area contributed by atoms with Crippen LogP contribution in [0, 0.1) is 0 Å². The molecular weight excluding hydrogens is 240 g/mol. The molecule has 0 radical (unpaired) electrons. The standard InChI is InChI=1S/C14H18N4O/c1-19-11-6-4-10(5-7-11)9-13-16-14-12(15)3-2-8-18(14)17-13/h4-7,12H,2-3,8-9,15H2,1H3. The summed E-state index contributed by atoms with van der Waals surface area (Å²) in [4.78, 5) is 4.57. The number of aryl methyl sites for hydroxylation is 1. The largest absolute Gasteiger partial charge is 0.497 e. The first-order valence-corrected chi connectivity index (χ1v) is 6.58. The van der Waals surface area contributed by atoms with Crippen LogP contribution in [0.1, 0.15) is 36.1 Å². The Bertz CT molecular complexity index is 561. The Kier molecular flexibility index (Phi) is 3.21. The van der Waals surface area contributed by atoms with Crippen LogP contribution in [-0.2, 0) is 13.0 Å². The van der Waals surface area contributed by atoms with Crippen LogP contribution in [0.25, 0.3) is 0 Å². The highest BCUT2D eigenvalue weighted by Crippen LogP contribution is 2.21. The number of fused-ring (bicyclic) bond motifs is 1. The van der Waals surface area contributed by atoms with Gasteiger partial charge in [-0.05, 0) is 30.5 Å². The normalized spacial score (nSPS) is 18.1. The van der Waals surface area contributed by atoms with E-state index in [1.807, 2.05) is 28.9 Å². The third kappa shape index (κ3) is 2.46. The molecule has 1 unspecified atom stereocenters. The second kappa shape index (κ2) is 5.01. The molecule has 5 nitrogen and oxygen atoms in total. The maximum absolute atomic E-state index is 6.05. The molecule has 0 fully saturated rings. The van der Waals surface area contributed by atoms with Gasteiger partial charge in [0.25, 0.3) is 0 Å². The predicted molar refractivity (Wildman–Crippen MR) is 72.0 cm³/mol. The van der Waals surface area contributed by atoms with E-state index < -0.39 is 0 Å². The highest BCUT2D eigenvalue weighted by molar-refractivity contribution is 5.28. The highest BCUT2D eigenvalue weighted by Gasteiger charge is 2.20. The van der Waals surface area contributed by atoms with Gasteiger partial charge in [0.1, 0.15) is 11.6 Å². The maximum atomic E-state index is 6.05. The van der Waals surface area contributed by atoms with Gasteiger partial charge in [0.2, 0.25) is 0 Å². The molecule has 1 aromatic heterocycles. The Morgan fingerprint density at radius 1 is 1.37 bits per heavy atom. The van der Waals surface area contributed by atoms with Gasteiger partial charge in [-0.3, -0.25) is 0 Å². The van der Waals surface area contributed by atoms with E-state index in [4.69, 9.17) is 10.5 Å². The average molecular weight is 258 g/mol. The zero-order valence-corrected chi connectivity index (χ0v) is 11.0. The van der Waals surface area contributed by atoms with Crippen molar-refractivity contribution in [1.82, 2.24) is 14.8 Å². The van der Waals surface area contributed by atoms with E-state index in [0.29, 0.717) is 0 Å². The van der Waals surface area contributed by atoms with Gasteiger partial charge in [0.15, 0.2) is 5.82 Å². The SMILES string of the molecule is COc1ccc(Cc2nc3n(n2)CCCC3N)cc1. The molecule has 100 valence electrons. The molecule has 2 heterocycles. The fraction of sp³-hybridized carbons (Fsp3) is 0.429. The van der Waals surface area contributed by atoms with Crippen molar-refractivity contribution in [3.05, 3.63) is 41.5 Å². The quantitative estimate of drug-likeness (QED) is 0.909. The molecule has 0 amide bonds. The lowest BCUT2D eigenvalue weighted by Crippen LogP contribution is -2.22. The van der Waals surface area contributed by atoms with E-state index in [1.54, 1.807) is 7.11 Å². The summed E-state index contributed by atoms with van der Waals surface area (Å²) in [6.07, 6.45) is 2.82. The summed E-state index contributed by atoms with van der Waals surface area (Å²) in [5, 5.41) is 4.53. The minimum absolute atomic E-state index is 0.0332. The zero-order chi connectivity index (χ0) is 13.2. The number of benzene rings is 1. The minimum Gasteiger partial charge on any atom is -0.497 e. The van der Waals surface area contributed by atoms with Crippen molar-refractivity contribution in [2.75, 3.05) is 7.11 Å². The van der Waals surface area contributed by atoms with Gasteiger partial charge in [-0.1, -0.05) is 12.1 Å². The number of nitrogens with two attached hydrogens (primary N) is 1. The molecule has 0 spiro atoms. The van der Waals surface area contributed by atoms with Crippen molar-refractivity contribution in [1.29, 1.82) is 0 Å². The van der Waals surface area contributed by atoms with Gasteiger partial charge in [0, 0.05) is 13.0 Å². The monoisotopic (exact) mass is 258 g/mol. The number of hydrogen-bond acceptors (Lipinski definition) is 4. The second-order valence-electron chi connectivity index (χ2n) is 4.88. The highest BCUT2D eigenvalue weighted by atomic mass is 16.5. The molecule has 0 aliphatic carbocycles. The third-order valence-corrected chi connectivity index (χ3v) is 3.48. The summed E-state index contributed by atoms with van der Waals surface area (Å²) in [7, 11) is 1.67. The van der Waals surface area contributed by atoms with Gasteiger partial charge < -0.3 is 10.5 Å². The van der Waals surface area contributed by atoms with Gasteiger partial charge >= 0.3 is 0 Å². The smallest absolute Gasteiger partial charge is 0.155 e. The number of aromatic nitrogens is 3. The summed E-state index contributed by atoms with van der Waals surface area (Å²) in [5.41, 5.74) is 7.23. The Labute approximate surface area is 112 Å². The maximum Gasteiger partial charge on any atom is 0.155 e. The number of rotatable bonds is 3. The summed E-state index contributed by atoms with van der Waals surface area (Å²) in [6, 6.07) is 8.02. The number of ether oxygens (including phenoxy) is 1. The molecule has 1 atom stereocenters. The van der Waals surface area contributed by atoms with Gasteiger partial charge in [-0.2, -0.15) is 5.10 Å². The minimum atomic E-state index is 0.0332. The van der Waals surface area contributed by atoms with Crippen molar-refractivity contribution in [3.8, 4) is 5.75 Å². The Hall–Kier alpha value is -1.88. The summed E-state index contributed by atoms with van der Waals surface area (Å²) >= 11 is 0. The van der Waals surface area contributed by atoms with Crippen molar-refractivity contribution >= 4 is 0 Å². The fourth-order valence-electron chi connectivity index (χ4n) is 2.43. The van der Waals surface area contributed by atoms with Crippen LogP contribution in [0.15, 0.2) is 24.3 Å². The lowest BCUT2D eigenvalue weighted by atomic mass is 10.1. The van der Waals surface area contributed by atoms with E-state index in [0.717, 1.165) is 43.2 Å². The zero-order valence-electron chi connectivity index (χ0n) is 11.0. The molecule has 1 aliphatic heterocycles. The Morgan fingerprint density at radius 3 is 2.84 bits per heavy atom. The molecular formula is C14H18N4O. The van der Waals surface area contributed by atoms with Crippen LogP contribution in [0.4, 0.5) is 0 Å². The van der Waals surface area contributed by atoms with Crippen molar-refractivity contribution in [3.63, 3.8) is 0 Å². The molecule has 2 N–H and O–H groups in total. The topological polar surface area (TPSA) is 66.0 Å². The molecule has 1 aliphatic rings. The molecule has 19 heavy (non-hydrogen) atoms. The van der Waals surface area contributed by atoms with E-state index in [-0.39, 0.29) is 6.04 Å². The van der Waals surface area contributed by atoms with Gasteiger partial charge in [-0.15, -0.1) is 0 Å². The lowest BCUT2D eigenvalue weighted by Gasteiger charge is -2.17. The van der Waals surface area contributed by atoms with E-state index >= 15 is 0 Å². The predicted octanol–water partition coefficient (Wildman–Crippen LogP) is 1.67. The number of hydrogen-bond donors (Lipinski definition) is 1. The first kappa shape index (κ1) is 12.2. The number of nitrogens with zero attached hydrogens (tertiary/aromatic N) is 3. The van der Waals surface area contributed by atoms with E-state index in [1.165, 1.54) is 5.56 Å². The van der Waals surface area contributed by atoms with Gasteiger partial charge in [0.05, 0.1) is 13.2 Å². The Morgan fingerprint density at radius 2 is 2.16 bits per heavy atom. The van der Waals surface area contributed by atoms with Crippen LogP contribution in [0.3, 0.4) is 0 Å². The molecule has 2 aromatic rings. The van der Waals surface area contributed by atoms with E-state index in [9.17, 15) is 0 Å². The molecule has 5 heteroatoms. The summed E-state index contributed by atoms with van der Waals surface area (Å²) in [6.45, 7) is 0.929.